The van der Waals surface area contributed by atoms with Gasteiger partial charge < -0.3 is 10.1 Å². The molecule has 1 aliphatic carbocycles. The largest absolute Gasteiger partial charge is 0.376 e. The molecule has 4 heteroatoms. The van der Waals surface area contributed by atoms with Crippen molar-refractivity contribution in [2.45, 2.75) is 38.0 Å². The van der Waals surface area contributed by atoms with E-state index in [-0.39, 0.29) is 0 Å². The summed E-state index contributed by atoms with van der Waals surface area (Å²) in [5, 5.41) is 3.60. The predicted molar refractivity (Wildman–Crippen MR) is 59.8 cm³/mol. The van der Waals surface area contributed by atoms with E-state index in [2.05, 4.69) is 10.3 Å². The van der Waals surface area contributed by atoms with E-state index in [0.717, 1.165) is 19.1 Å². The highest BCUT2D eigenvalue weighted by atomic mass is 32.1. The number of ether oxygens (including phenoxy) is 1. The summed E-state index contributed by atoms with van der Waals surface area (Å²) in [5.41, 5.74) is 1.89. The maximum absolute atomic E-state index is 5.78. The minimum atomic E-state index is 0.484. The summed E-state index contributed by atoms with van der Waals surface area (Å²) >= 11 is 1.72. The first-order valence-corrected chi connectivity index (χ1v) is 6.54. The van der Waals surface area contributed by atoms with Crippen LogP contribution in [0.5, 0.6) is 0 Å². The standard InChI is InChI=1S/C11H16N2OS/c1-2-8(1)11-10(3-4-14-11)13-6-9-5-12-7-15-9/h5,7-8,10-11,13H,1-4,6H2. The van der Waals surface area contributed by atoms with Gasteiger partial charge in [0, 0.05) is 30.3 Å². The zero-order valence-corrected chi connectivity index (χ0v) is 9.50. The fourth-order valence-electron chi connectivity index (χ4n) is 2.28. The molecule has 3 nitrogen and oxygen atoms in total. The zero-order chi connectivity index (χ0) is 10.1. The molecular weight excluding hydrogens is 208 g/mol. The number of rotatable bonds is 4. The molecule has 0 amide bonds. The van der Waals surface area contributed by atoms with Gasteiger partial charge in [-0.05, 0) is 25.2 Å². The molecule has 2 heterocycles. The van der Waals surface area contributed by atoms with Gasteiger partial charge in [0.2, 0.25) is 0 Å². The maximum atomic E-state index is 5.78. The van der Waals surface area contributed by atoms with Gasteiger partial charge in [-0.3, -0.25) is 4.98 Å². The van der Waals surface area contributed by atoms with Crippen LogP contribution < -0.4 is 5.32 Å². The third-order valence-electron chi connectivity index (χ3n) is 3.24. The molecule has 1 aromatic heterocycles. The molecule has 15 heavy (non-hydrogen) atoms. The van der Waals surface area contributed by atoms with Crippen LogP contribution in [0, 0.1) is 5.92 Å². The minimum absolute atomic E-state index is 0.484. The fraction of sp³-hybridized carbons (Fsp3) is 0.727. The Balaban J connectivity index is 1.53. The van der Waals surface area contributed by atoms with Crippen molar-refractivity contribution in [3.63, 3.8) is 0 Å². The molecule has 1 saturated carbocycles. The van der Waals surface area contributed by atoms with Crippen molar-refractivity contribution in [3.8, 4) is 0 Å². The second kappa shape index (κ2) is 4.20. The second-order valence-corrected chi connectivity index (χ2v) is 5.39. The Morgan fingerprint density at radius 3 is 3.13 bits per heavy atom. The SMILES string of the molecule is c1ncc(CNC2CCOC2C2CC2)s1. The summed E-state index contributed by atoms with van der Waals surface area (Å²) in [6.07, 6.45) is 6.32. The van der Waals surface area contributed by atoms with Gasteiger partial charge in [0.05, 0.1) is 11.6 Å². The van der Waals surface area contributed by atoms with Crippen LogP contribution in [-0.2, 0) is 11.3 Å². The Morgan fingerprint density at radius 2 is 2.40 bits per heavy atom. The van der Waals surface area contributed by atoms with E-state index < -0.39 is 0 Å². The van der Waals surface area contributed by atoms with Crippen LogP contribution in [0.4, 0.5) is 0 Å². The number of aromatic nitrogens is 1. The van der Waals surface area contributed by atoms with E-state index in [1.165, 1.54) is 24.1 Å². The van der Waals surface area contributed by atoms with Crippen LogP contribution in [0.25, 0.3) is 0 Å². The first kappa shape index (κ1) is 9.75. The molecule has 82 valence electrons. The molecule has 0 aromatic carbocycles. The summed E-state index contributed by atoms with van der Waals surface area (Å²) in [7, 11) is 0. The average Bonchev–Trinajstić information content (AvgIpc) is 2.81. The van der Waals surface area contributed by atoms with Gasteiger partial charge in [-0.15, -0.1) is 11.3 Å². The van der Waals surface area contributed by atoms with Crippen molar-refractivity contribution in [2.75, 3.05) is 6.61 Å². The van der Waals surface area contributed by atoms with E-state index in [9.17, 15) is 0 Å². The molecule has 2 unspecified atom stereocenters. The summed E-state index contributed by atoms with van der Waals surface area (Å²) in [5.74, 6) is 0.839. The lowest BCUT2D eigenvalue weighted by Gasteiger charge is -2.18. The molecule has 2 aliphatic rings. The van der Waals surface area contributed by atoms with Gasteiger partial charge >= 0.3 is 0 Å². The van der Waals surface area contributed by atoms with Gasteiger partial charge in [0.1, 0.15) is 0 Å². The van der Waals surface area contributed by atoms with Gasteiger partial charge in [-0.2, -0.15) is 0 Å². The van der Waals surface area contributed by atoms with E-state index >= 15 is 0 Å². The van der Waals surface area contributed by atoms with Gasteiger partial charge in [-0.1, -0.05) is 0 Å². The lowest BCUT2D eigenvalue weighted by Crippen LogP contribution is -2.36. The summed E-state index contributed by atoms with van der Waals surface area (Å²) in [6, 6.07) is 0.569. The van der Waals surface area contributed by atoms with Crippen LogP contribution in [0.2, 0.25) is 0 Å². The smallest absolute Gasteiger partial charge is 0.0794 e. The van der Waals surface area contributed by atoms with Crippen molar-refractivity contribution in [1.82, 2.24) is 10.3 Å². The molecule has 1 aliphatic heterocycles. The predicted octanol–water partition coefficient (Wildman–Crippen LogP) is 1.80. The topological polar surface area (TPSA) is 34.2 Å². The zero-order valence-electron chi connectivity index (χ0n) is 8.69. The van der Waals surface area contributed by atoms with Crippen molar-refractivity contribution in [2.24, 2.45) is 5.92 Å². The van der Waals surface area contributed by atoms with Crippen LogP contribution in [0.15, 0.2) is 11.7 Å². The normalized spacial score (nSPS) is 30.9. The summed E-state index contributed by atoms with van der Waals surface area (Å²) in [4.78, 5) is 5.40. The average molecular weight is 224 g/mol. The Labute approximate surface area is 93.9 Å². The van der Waals surface area contributed by atoms with E-state index in [1.807, 2.05) is 11.7 Å². The molecule has 1 N–H and O–H groups in total. The monoisotopic (exact) mass is 224 g/mol. The van der Waals surface area contributed by atoms with Crippen LogP contribution in [0.3, 0.4) is 0 Å². The highest BCUT2D eigenvalue weighted by Gasteiger charge is 2.40. The summed E-state index contributed by atoms with van der Waals surface area (Å²) < 4.78 is 5.78. The Kier molecular flexibility index (Phi) is 2.73. The first-order valence-electron chi connectivity index (χ1n) is 5.66. The number of thiazole rings is 1. The van der Waals surface area contributed by atoms with Crippen molar-refractivity contribution < 1.29 is 4.74 Å². The molecule has 0 radical (unpaired) electrons. The van der Waals surface area contributed by atoms with Gasteiger partial charge in [0.15, 0.2) is 0 Å². The Morgan fingerprint density at radius 1 is 1.47 bits per heavy atom. The third-order valence-corrected chi connectivity index (χ3v) is 4.02. The molecule has 1 saturated heterocycles. The number of nitrogens with one attached hydrogen (secondary N) is 1. The third kappa shape index (κ3) is 2.22. The highest BCUT2D eigenvalue weighted by molar-refractivity contribution is 7.09. The van der Waals surface area contributed by atoms with Crippen molar-refractivity contribution >= 4 is 11.3 Å². The van der Waals surface area contributed by atoms with Crippen LogP contribution in [-0.4, -0.2) is 23.7 Å². The van der Waals surface area contributed by atoms with E-state index in [1.54, 1.807) is 11.3 Å². The van der Waals surface area contributed by atoms with Gasteiger partial charge in [0.25, 0.3) is 0 Å². The molecule has 1 aromatic rings. The molecule has 0 bridgehead atoms. The van der Waals surface area contributed by atoms with Crippen LogP contribution in [0.1, 0.15) is 24.1 Å². The number of hydrogen-bond acceptors (Lipinski definition) is 4. The highest BCUT2D eigenvalue weighted by Crippen LogP contribution is 2.38. The lowest BCUT2D eigenvalue weighted by atomic mass is 10.1. The van der Waals surface area contributed by atoms with Crippen molar-refractivity contribution in [1.29, 1.82) is 0 Å². The summed E-state index contributed by atoms with van der Waals surface area (Å²) in [6.45, 7) is 1.88. The number of nitrogens with zero attached hydrogens (tertiary/aromatic N) is 1. The Bertz CT molecular complexity index is 310. The van der Waals surface area contributed by atoms with Crippen molar-refractivity contribution in [3.05, 3.63) is 16.6 Å². The first-order chi connectivity index (χ1) is 7.43. The van der Waals surface area contributed by atoms with Gasteiger partial charge in [-0.25, -0.2) is 0 Å². The lowest BCUT2D eigenvalue weighted by molar-refractivity contribution is 0.0809. The molecule has 2 atom stereocenters. The molecule has 0 spiro atoms. The van der Waals surface area contributed by atoms with Crippen LogP contribution >= 0.6 is 11.3 Å². The molecular formula is C11H16N2OS. The van der Waals surface area contributed by atoms with E-state index in [4.69, 9.17) is 4.74 Å². The Hall–Kier alpha value is -0.450. The minimum Gasteiger partial charge on any atom is -0.376 e. The maximum Gasteiger partial charge on any atom is 0.0794 e. The fourth-order valence-corrected chi connectivity index (χ4v) is 2.83. The van der Waals surface area contributed by atoms with E-state index in [0.29, 0.717) is 12.1 Å². The molecule has 2 fully saturated rings. The molecule has 3 rings (SSSR count). The number of hydrogen-bond donors (Lipinski definition) is 1. The second-order valence-electron chi connectivity index (χ2n) is 4.42. The quantitative estimate of drug-likeness (QED) is 0.847.